The normalized spacial score (nSPS) is 9.77. The van der Waals surface area contributed by atoms with Gasteiger partial charge in [-0.3, -0.25) is 9.59 Å². The van der Waals surface area contributed by atoms with Crippen molar-refractivity contribution in [3.05, 3.63) is 21.6 Å². The predicted molar refractivity (Wildman–Crippen MR) is 48.8 cm³/mol. The molecule has 1 N–H and O–H groups in total. The van der Waals surface area contributed by atoms with E-state index in [1.54, 1.807) is 0 Å². The summed E-state index contributed by atoms with van der Waals surface area (Å²) in [5.41, 5.74) is -0.366. The second-order valence-electron chi connectivity index (χ2n) is 2.48. The van der Waals surface area contributed by atoms with Gasteiger partial charge in [0, 0.05) is 14.0 Å². The highest BCUT2D eigenvalue weighted by Gasteiger charge is 2.08. The number of anilines is 1. The Morgan fingerprint density at radius 2 is 2.31 bits per heavy atom. The summed E-state index contributed by atoms with van der Waals surface area (Å²) in [4.78, 5) is 22.0. The lowest BCUT2D eigenvalue weighted by molar-refractivity contribution is -0.114. The Kier molecular flexibility index (Phi) is 2.67. The lowest BCUT2D eigenvalue weighted by Crippen LogP contribution is -2.24. The van der Waals surface area contributed by atoms with Gasteiger partial charge in [-0.05, 0) is 0 Å². The van der Waals surface area contributed by atoms with Crippen LogP contribution in [0.4, 0.5) is 5.69 Å². The fourth-order valence-electron chi connectivity index (χ4n) is 0.807. The van der Waals surface area contributed by atoms with E-state index in [0.717, 1.165) is 4.68 Å². The maximum absolute atomic E-state index is 11.3. The number of aromatic nitrogens is 2. The summed E-state index contributed by atoms with van der Waals surface area (Å²) in [6, 6.07) is 0. The first-order valence-electron chi connectivity index (χ1n) is 3.51. The Bertz CT molecular complexity index is 399. The minimum absolute atomic E-state index is 0.0617. The van der Waals surface area contributed by atoms with E-state index in [0.29, 0.717) is 0 Å². The number of nitrogens with one attached hydrogen (secondary N) is 1. The molecule has 0 unspecified atom stereocenters. The van der Waals surface area contributed by atoms with Crippen LogP contribution in [-0.4, -0.2) is 15.7 Å². The van der Waals surface area contributed by atoms with E-state index in [9.17, 15) is 9.59 Å². The molecule has 13 heavy (non-hydrogen) atoms. The van der Waals surface area contributed by atoms with Crippen molar-refractivity contribution < 1.29 is 4.79 Å². The fraction of sp³-hybridized carbons (Fsp3) is 0.286. The maximum Gasteiger partial charge on any atom is 0.291 e. The van der Waals surface area contributed by atoms with Gasteiger partial charge in [0.05, 0.1) is 11.2 Å². The van der Waals surface area contributed by atoms with Crippen molar-refractivity contribution >= 4 is 23.2 Å². The first-order valence-corrected chi connectivity index (χ1v) is 3.89. The van der Waals surface area contributed by atoms with Crippen LogP contribution in [0.5, 0.6) is 0 Å². The van der Waals surface area contributed by atoms with Gasteiger partial charge in [-0.1, -0.05) is 11.6 Å². The quantitative estimate of drug-likeness (QED) is 0.715. The Hall–Kier alpha value is -1.36. The molecule has 0 saturated heterocycles. The molecule has 0 saturated carbocycles. The highest BCUT2D eigenvalue weighted by Crippen LogP contribution is 2.14. The molecule has 0 fully saturated rings. The zero-order chi connectivity index (χ0) is 10.0. The van der Waals surface area contributed by atoms with Crippen molar-refractivity contribution in [2.24, 2.45) is 7.05 Å². The molecule has 1 heterocycles. The minimum atomic E-state index is -0.428. The van der Waals surface area contributed by atoms with Crippen molar-refractivity contribution in [2.45, 2.75) is 6.92 Å². The summed E-state index contributed by atoms with van der Waals surface area (Å²) >= 11 is 5.66. The summed E-state index contributed by atoms with van der Waals surface area (Å²) in [6.07, 6.45) is 1.30. The molecule has 0 aliphatic rings. The van der Waals surface area contributed by atoms with Crippen LogP contribution in [0.25, 0.3) is 0 Å². The van der Waals surface area contributed by atoms with Gasteiger partial charge in [-0.25, -0.2) is 4.68 Å². The number of hydrogen-bond acceptors (Lipinski definition) is 3. The van der Waals surface area contributed by atoms with Crippen molar-refractivity contribution in [3.8, 4) is 0 Å². The second kappa shape index (κ2) is 3.57. The number of carbonyl (C=O) groups excluding carboxylic acids is 1. The average molecular weight is 202 g/mol. The van der Waals surface area contributed by atoms with Crippen LogP contribution < -0.4 is 10.9 Å². The van der Waals surface area contributed by atoms with Crippen molar-refractivity contribution in [3.63, 3.8) is 0 Å². The van der Waals surface area contributed by atoms with Crippen molar-refractivity contribution in [2.75, 3.05) is 5.32 Å². The summed E-state index contributed by atoms with van der Waals surface area (Å²) in [7, 11) is 1.48. The molecular formula is C7H8ClN3O2. The van der Waals surface area contributed by atoms with Gasteiger partial charge >= 0.3 is 0 Å². The molecule has 6 heteroatoms. The molecule has 0 radical (unpaired) electrons. The highest BCUT2D eigenvalue weighted by molar-refractivity contribution is 6.33. The summed E-state index contributed by atoms with van der Waals surface area (Å²) < 4.78 is 1.09. The molecule has 5 nitrogen and oxygen atoms in total. The zero-order valence-electron chi connectivity index (χ0n) is 7.17. The van der Waals surface area contributed by atoms with Crippen LogP contribution in [0.15, 0.2) is 11.0 Å². The Balaban J connectivity index is 3.26. The van der Waals surface area contributed by atoms with Gasteiger partial charge in [-0.2, -0.15) is 5.10 Å². The van der Waals surface area contributed by atoms with Gasteiger partial charge in [0.15, 0.2) is 0 Å². The first kappa shape index (κ1) is 9.73. The second-order valence-corrected chi connectivity index (χ2v) is 2.88. The maximum atomic E-state index is 11.3. The summed E-state index contributed by atoms with van der Waals surface area (Å²) in [5.74, 6) is -0.342. The SMILES string of the molecule is CC(=O)Nc1c(Cl)cnn(C)c1=O. The van der Waals surface area contributed by atoms with Crippen LogP contribution in [0.3, 0.4) is 0 Å². The third-order valence-electron chi connectivity index (χ3n) is 1.39. The minimum Gasteiger partial charge on any atom is -0.320 e. The molecule has 0 bridgehead atoms. The van der Waals surface area contributed by atoms with E-state index >= 15 is 0 Å². The number of rotatable bonds is 1. The van der Waals surface area contributed by atoms with Crippen molar-refractivity contribution in [1.29, 1.82) is 0 Å². The predicted octanol–water partition coefficient (Wildman–Crippen LogP) is 0.392. The van der Waals surface area contributed by atoms with Gasteiger partial charge < -0.3 is 5.32 Å². The molecule has 1 rings (SSSR count). The van der Waals surface area contributed by atoms with Gasteiger partial charge in [-0.15, -0.1) is 0 Å². The van der Waals surface area contributed by atoms with E-state index in [-0.39, 0.29) is 16.6 Å². The number of carbonyl (C=O) groups is 1. The number of hydrogen-bond donors (Lipinski definition) is 1. The van der Waals surface area contributed by atoms with Crippen LogP contribution in [0, 0.1) is 0 Å². The molecule has 0 aliphatic heterocycles. The molecule has 1 aromatic heterocycles. The van der Waals surface area contributed by atoms with Crippen LogP contribution in [-0.2, 0) is 11.8 Å². The highest BCUT2D eigenvalue weighted by atomic mass is 35.5. The molecule has 1 aromatic rings. The van der Waals surface area contributed by atoms with E-state index < -0.39 is 5.56 Å². The average Bonchev–Trinajstić information content (AvgIpc) is 2.05. The van der Waals surface area contributed by atoms with Gasteiger partial charge in [0.2, 0.25) is 5.91 Å². The number of halogens is 1. The summed E-state index contributed by atoms with van der Waals surface area (Å²) in [5, 5.41) is 6.14. The van der Waals surface area contributed by atoms with Crippen LogP contribution >= 0.6 is 11.6 Å². The summed E-state index contributed by atoms with van der Waals surface area (Å²) in [6.45, 7) is 1.30. The van der Waals surface area contributed by atoms with E-state index in [1.807, 2.05) is 0 Å². The molecule has 1 amide bonds. The topological polar surface area (TPSA) is 64.0 Å². The fourth-order valence-corrected chi connectivity index (χ4v) is 0.979. The molecular weight excluding hydrogens is 194 g/mol. The zero-order valence-corrected chi connectivity index (χ0v) is 7.92. The standard InChI is InChI=1S/C7H8ClN3O2/c1-4(12)10-6-5(8)3-9-11(2)7(6)13/h3H,1-2H3,(H,10,12). The van der Waals surface area contributed by atoms with E-state index in [1.165, 1.54) is 20.2 Å². The van der Waals surface area contributed by atoms with Gasteiger partial charge in [0.1, 0.15) is 5.69 Å². The van der Waals surface area contributed by atoms with Crippen LogP contribution in [0.1, 0.15) is 6.92 Å². The first-order chi connectivity index (χ1) is 6.02. The Morgan fingerprint density at radius 1 is 1.69 bits per heavy atom. The third kappa shape index (κ3) is 2.06. The van der Waals surface area contributed by atoms with E-state index in [2.05, 4.69) is 10.4 Å². The molecule has 0 atom stereocenters. The smallest absolute Gasteiger partial charge is 0.291 e. The Labute approximate surface area is 79.3 Å². The Morgan fingerprint density at radius 3 is 2.85 bits per heavy atom. The number of amides is 1. The monoisotopic (exact) mass is 201 g/mol. The lowest BCUT2D eigenvalue weighted by Gasteiger charge is -2.04. The molecule has 0 aromatic carbocycles. The third-order valence-corrected chi connectivity index (χ3v) is 1.68. The van der Waals surface area contributed by atoms with E-state index in [4.69, 9.17) is 11.6 Å². The molecule has 70 valence electrons. The number of aryl methyl sites for hydroxylation is 1. The largest absolute Gasteiger partial charge is 0.320 e. The number of nitrogens with zero attached hydrogens (tertiary/aromatic N) is 2. The molecule has 0 spiro atoms. The lowest BCUT2D eigenvalue weighted by atomic mass is 10.4. The van der Waals surface area contributed by atoms with Crippen molar-refractivity contribution in [1.82, 2.24) is 9.78 Å². The molecule has 0 aliphatic carbocycles. The van der Waals surface area contributed by atoms with Gasteiger partial charge in [0.25, 0.3) is 5.56 Å². The van der Waals surface area contributed by atoms with Crippen LogP contribution in [0.2, 0.25) is 5.02 Å².